The average molecular weight is 945 g/mol. The summed E-state index contributed by atoms with van der Waals surface area (Å²) in [6, 6.07) is 69.7. The molecule has 9 aromatic rings. The van der Waals surface area contributed by atoms with Gasteiger partial charge in [0.25, 0.3) is 0 Å². The standard InChI is InChI=1S/C68H56N4O/c1-65(2)51-39-47(43-23-15-11-16-24-43)31-35-55(51)71(56-36-32-48(40-52(56)65)44-25-17-12-18-26-44)63-60-59(67(5,6)73-68(60,7)8)61(69-9)62(70-10)64(63)72-57-37-33-49(45-27-19-13-20-28-45)41-53(57)66(3,4)54-42-50(34-38-58(54)72)46-29-21-14-22-30-46/h11-42H,1-8H3. The van der Waals surface area contributed by atoms with E-state index in [2.05, 4.69) is 269 Å². The van der Waals surface area contributed by atoms with E-state index in [0.717, 1.165) is 106 Å². The normalized spacial score (nSPS) is 16.0. The Morgan fingerprint density at radius 2 is 0.616 bits per heavy atom. The van der Waals surface area contributed by atoms with Crippen molar-refractivity contribution in [2.24, 2.45) is 0 Å². The van der Waals surface area contributed by atoms with Gasteiger partial charge in [0.1, 0.15) is 0 Å². The van der Waals surface area contributed by atoms with Gasteiger partial charge >= 0.3 is 0 Å². The number of ether oxygens (including phenoxy) is 1. The van der Waals surface area contributed by atoms with Crippen molar-refractivity contribution in [3.8, 4) is 44.5 Å². The highest BCUT2D eigenvalue weighted by Crippen LogP contribution is 2.68. The van der Waals surface area contributed by atoms with Crippen molar-refractivity contribution in [1.82, 2.24) is 0 Å². The summed E-state index contributed by atoms with van der Waals surface area (Å²) in [5.74, 6) is 0. The smallest absolute Gasteiger partial charge is 0.220 e. The van der Waals surface area contributed by atoms with Gasteiger partial charge in [-0.25, -0.2) is 9.69 Å². The maximum Gasteiger partial charge on any atom is 0.220 e. The first kappa shape index (κ1) is 45.6. The molecule has 0 saturated heterocycles. The van der Waals surface area contributed by atoms with Crippen LogP contribution < -0.4 is 9.80 Å². The molecule has 12 rings (SSSR count). The zero-order valence-corrected chi connectivity index (χ0v) is 42.7. The summed E-state index contributed by atoms with van der Waals surface area (Å²) in [5, 5.41) is 0. The van der Waals surface area contributed by atoms with Crippen LogP contribution in [0, 0.1) is 13.1 Å². The first-order chi connectivity index (χ1) is 35.1. The van der Waals surface area contributed by atoms with E-state index in [0.29, 0.717) is 17.1 Å². The zero-order chi connectivity index (χ0) is 50.6. The molecule has 3 aliphatic rings. The summed E-state index contributed by atoms with van der Waals surface area (Å²) in [6.45, 7) is 36.2. The van der Waals surface area contributed by atoms with Crippen LogP contribution in [-0.2, 0) is 26.8 Å². The molecule has 0 fully saturated rings. The van der Waals surface area contributed by atoms with Crippen molar-refractivity contribution in [3.63, 3.8) is 0 Å². The third kappa shape index (κ3) is 6.98. The Morgan fingerprint density at radius 3 is 0.918 bits per heavy atom. The average Bonchev–Trinajstić information content (AvgIpc) is 3.61. The van der Waals surface area contributed by atoms with Gasteiger partial charge in [0, 0.05) is 27.8 Å². The minimum atomic E-state index is -0.907. The predicted octanol–water partition coefficient (Wildman–Crippen LogP) is 19.2. The molecule has 73 heavy (non-hydrogen) atoms. The number of fused-ring (bicyclic) bond motifs is 5. The highest BCUT2D eigenvalue weighted by molar-refractivity contribution is 6.09. The summed E-state index contributed by atoms with van der Waals surface area (Å²) < 4.78 is 7.20. The number of nitrogens with zero attached hydrogens (tertiary/aromatic N) is 4. The molecule has 3 aliphatic heterocycles. The first-order valence-corrected chi connectivity index (χ1v) is 25.2. The van der Waals surface area contributed by atoms with Gasteiger partial charge in [0.05, 0.1) is 47.1 Å². The molecule has 0 spiro atoms. The van der Waals surface area contributed by atoms with Crippen LogP contribution in [0.1, 0.15) is 88.8 Å². The molecule has 3 heterocycles. The lowest BCUT2D eigenvalue weighted by atomic mass is 9.71. The molecule has 0 saturated carbocycles. The molecule has 354 valence electrons. The molecule has 0 amide bonds. The monoisotopic (exact) mass is 944 g/mol. The van der Waals surface area contributed by atoms with E-state index in [9.17, 15) is 6.57 Å². The van der Waals surface area contributed by atoms with Gasteiger partial charge in [0.2, 0.25) is 11.4 Å². The van der Waals surface area contributed by atoms with Crippen molar-refractivity contribution in [1.29, 1.82) is 0 Å². The van der Waals surface area contributed by atoms with E-state index in [1.54, 1.807) is 0 Å². The molecule has 0 N–H and O–H groups in total. The lowest BCUT2D eigenvalue weighted by molar-refractivity contribution is -0.104. The van der Waals surface area contributed by atoms with Gasteiger partial charge in [-0.15, -0.1) is 0 Å². The summed E-state index contributed by atoms with van der Waals surface area (Å²) >= 11 is 0. The van der Waals surface area contributed by atoms with Gasteiger partial charge in [-0.3, -0.25) is 0 Å². The van der Waals surface area contributed by atoms with Crippen LogP contribution in [0.4, 0.5) is 45.5 Å². The third-order valence-electron chi connectivity index (χ3n) is 15.9. The molecule has 5 nitrogen and oxygen atoms in total. The van der Waals surface area contributed by atoms with E-state index in [1.807, 2.05) is 0 Å². The van der Waals surface area contributed by atoms with Crippen LogP contribution in [0.5, 0.6) is 0 Å². The SMILES string of the molecule is [C-]#[N+]c1c([N+]#[C-])c2c(c(N3c4ccc(-c5ccccc5)cc4C(C)(C)c4cc(-c5ccccc5)ccc43)c1N1c3ccc(-c4ccccc4)cc3C(C)(C)c3cc(-c4ccccc4)ccc31)C(C)(C)OC2(C)C. The number of hydrogen-bond acceptors (Lipinski definition) is 3. The van der Waals surface area contributed by atoms with Gasteiger partial charge in [0.15, 0.2) is 0 Å². The second-order valence-electron chi connectivity index (χ2n) is 21.8. The van der Waals surface area contributed by atoms with Gasteiger partial charge in [-0.2, -0.15) is 0 Å². The van der Waals surface area contributed by atoms with Crippen molar-refractivity contribution >= 4 is 45.5 Å². The molecular formula is C68H56N4O. The lowest BCUT2D eigenvalue weighted by Crippen LogP contribution is -2.34. The van der Waals surface area contributed by atoms with E-state index >= 15 is 0 Å². The maximum absolute atomic E-state index is 9.38. The predicted molar refractivity (Wildman–Crippen MR) is 301 cm³/mol. The number of benzene rings is 9. The Kier molecular flexibility index (Phi) is 10.3. The Labute approximate surface area is 430 Å². The summed E-state index contributed by atoms with van der Waals surface area (Å²) in [4.78, 5) is 13.7. The summed E-state index contributed by atoms with van der Waals surface area (Å²) in [6.07, 6.45) is 0. The summed E-state index contributed by atoms with van der Waals surface area (Å²) in [5.41, 5.74) is 18.5. The topological polar surface area (TPSA) is 24.4 Å². The largest absolute Gasteiger partial charge is 0.362 e. The number of hydrogen-bond donors (Lipinski definition) is 0. The highest BCUT2D eigenvalue weighted by Gasteiger charge is 2.52. The fraction of sp³-hybridized carbons (Fsp3) is 0.176. The van der Waals surface area contributed by atoms with Crippen LogP contribution in [0.25, 0.3) is 54.2 Å². The van der Waals surface area contributed by atoms with E-state index in [4.69, 9.17) is 11.3 Å². The Morgan fingerprint density at radius 1 is 0.329 bits per heavy atom. The molecule has 0 radical (unpaired) electrons. The maximum atomic E-state index is 9.38. The Bertz CT molecular complexity index is 3600. The van der Waals surface area contributed by atoms with E-state index in [1.165, 1.54) is 0 Å². The molecule has 0 bridgehead atoms. The quantitative estimate of drug-likeness (QED) is 0.155. The molecular weight excluding hydrogens is 889 g/mol. The fourth-order valence-electron chi connectivity index (χ4n) is 12.5. The first-order valence-electron chi connectivity index (χ1n) is 25.2. The van der Waals surface area contributed by atoms with Crippen molar-refractivity contribution < 1.29 is 4.74 Å². The van der Waals surface area contributed by atoms with Crippen molar-refractivity contribution in [2.45, 2.75) is 77.4 Å². The second kappa shape index (κ2) is 16.5. The van der Waals surface area contributed by atoms with Gasteiger partial charge in [-0.05, 0) is 149 Å². The van der Waals surface area contributed by atoms with Crippen LogP contribution in [0.15, 0.2) is 194 Å². The minimum Gasteiger partial charge on any atom is -0.362 e. The van der Waals surface area contributed by atoms with Gasteiger partial charge in [-0.1, -0.05) is 173 Å². The molecule has 0 unspecified atom stereocenters. The zero-order valence-electron chi connectivity index (χ0n) is 42.7. The van der Waals surface area contributed by atoms with Gasteiger partial charge < -0.3 is 14.5 Å². The molecule has 0 aromatic heterocycles. The fourth-order valence-corrected chi connectivity index (χ4v) is 12.5. The van der Waals surface area contributed by atoms with Crippen molar-refractivity contribution in [2.75, 3.05) is 9.80 Å². The Hall–Kier alpha value is -8.48. The van der Waals surface area contributed by atoms with Crippen LogP contribution in [0.2, 0.25) is 0 Å². The van der Waals surface area contributed by atoms with E-state index in [-0.39, 0.29) is 0 Å². The van der Waals surface area contributed by atoms with Crippen LogP contribution in [0.3, 0.4) is 0 Å². The second-order valence-corrected chi connectivity index (χ2v) is 21.8. The van der Waals surface area contributed by atoms with E-state index < -0.39 is 22.0 Å². The number of anilines is 6. The molecule has 0 aliphatic carbocycles. The summed E-state index contributed by atoms with van der Waals surface area (Å²) in [7, 11) is 0. The molecule has 0 atom stereocenters. The molecule has 9 aromatic carbocycles. The highest BCUT2D eigenvalue weighted by atomic mass is 16.5. The minimum absolute atomic E-state index is 0.295. The van der Waals surface area contributed by atoms with Crippen molar-refractivity contribution in [3.05, 3.63) is 250 Å². The van der Waals surface area contributed by atoms with Crippen LogP contribution in [-0.4, -0.2) is 0 Å². The number of rotatable bonds is 6. The lowest BCUT2D eigenvalue weighted by Gasteiger charge is -2.47. The third-order valence-corrected chi connectivity index (χ3v) is 15.9. The molecule has 5 heteroatoms. The van der Waals surface area contributed by atoms with Crippen LogP contribution >= 0.6 is 0 Å². The Balaban J connectivity index is 1.25.